The Hall–Kier alpha value is -1.47. The fourth-order valence-electron chi connectivity index (χ4n) is 2.86. The van der Waals surface area contributed by atoms with Gasteiger partial charge in [-0.05, 0) is 12.8 Å². The van der Waals surface area contributed by atoms with Crippen LogP contribution in [0.25, 0.3) is 0 Å². The molecule has 3 aliphatic rings. The molecular weight excluding hydrogens is 276 g/mol. The van der Waals surface area contributed by atoms with Crippen molar-refractivity contribution in [3.05, 3.63) is 0 Å². The first-order valence-electron chi connectivity index (χ1n) is 7.44. The fourth-order valence-corrected chi connectivity index (χ4v) is 2.86. The van der Waals surface area contributed by atoms with Crippen LogP contribution >= 0.6 is 0 Å². The molecule has 7 heteroatoms. The molecule has 0 unspecified atom stereocenters. The summed E-state index contributed by atoms with van der Waals surface area (Å²) in [7, 11) is 0. The molecule has 4 amide bonds. The minimum absolute atomic E-state index is 0.0865. The zero-order valence-corrected chi connectivity index (χ0v) is 12.3. The van der Waals surface area contributed by atoms with Gasteiger partial charge < -0.3 is 9.47 Å². The number of rotatable bonds is 6. The molecule has 7 nitrogen and oxygen atoms in total. The highest BCUT2D eigenvalue weighted by molar-refractivity contribution is 6.19. The third-order valence-electron chi connectivity index (χ3n) is 4.56. The number of nitrogens with zero attached hydrogens (tertiary/aromatic N) is 2. The number of ether oxygens (including phenoxy) is 2. The number of hydrogen-bond donors (Lipinski definition) is 0. The third kappa shape index (κ3) is 2.34. The Bertz CT molecular complexity index is 442. The molecule has 0 N–H and O–H groups in total. The summed E-state index contributed by atoms with van der Waals surface area (Å²) in [5.41, 5.74) is -1.13. The summed E-state index contributed by atoms with van der Waals surface area (Å²) in [6.45, 7) is 5.20. The second-order valence-electron chi connectivity index (χ2n) is 5.81. The lowest BCUT2D eigenvalue weighted by molar-refractivity contribution is -0.159. The van der Waals surface area contributed by atoms with Gasteiger partial charge in [0.25, 0.3) is 0 Å². The van der Waals surface area contributed by atoms with Crippen LogP contribution in [0.4, 0.5) is 4.79 Å². The second kappa shape index (κ2) is 5.06. The van der Waals surface area contributed by atoms with Gasteiger partial charge in [-0.25, -0.2) is 4.79 Å². The second-order valence-corrected chi connectivity index (χ2v) is 5.81. The van der Waals surface area contributed by atoms with Crippen LogP contribution in [-0.4, -0.2) is 66.2 Å². The topological polar surface area (TPSA) is 82.8 Å². The molecule has 3 fully saturated rings. The lowest BCUT2D eigenvalue weighted by atomic mass is 9.78. The van der Waals surface area contributed by atoms with Gasteiger partial charge in [0.2, 0.25) is 11.8 Å². The first kappa shape index (κ1) is 14.5. The summed E-state index contributed by atoms with van der Waals surface area (Å²) < 4.78 is 10.2. The maximum absolute atomic E-state index is 12.7. The highest BCUT2D eigenvalue weighted by atomic mass is 16.6. The van der Waals surface area contributed by atoms with E-state index < -0.39 is 11.4 Å². The minimum atomic E-state index is -1.13. The van der Waals surface area contributed by atoms with Gasteiger partial charge in [-0.1, -0.05) is 13.8 Å². The largest absolute Gasteiger partial charge is 0.371 e. The molecule has 0 spiro atoms. The van der Waals surface area contributed by atoms with E-state index in [0.717, 1.165) is 0 Å². The summed E-state index contributed by atoms with van der Waals surface area (Å²) in [6.07, 6.45) is 0.602. The highest BCUT2D eigenvalue weighted by Gasteiger charge is 2.56. The van der Waals surface area contributed by atoms with Crippen LogP contribution in [0.1, 0.15) is 26.7 Å². The molecule has 3 heterocycles. The highest BCUT2D eigenvalue weighted by Crippen LogP contribution is 2.37. The molecule has 3 saturated heterocycles. The molecule has 0 saturated carbocycles. The Kier molecular flexibility index (Phi) is 3.49. The van der Waals surface area contributed by atoms with Gasteiger partial charge in [-0.15, -0.1) is 0 Å². The summed E-state index contributed by atoms with van der Waals surface area (Å²) in [4.78, 5) is 40.3. The minimum Gasteiger partial charge on any atom is -0.371 e. The van der Waals surface area contributed by atoms with Crippen molar-refractivity contribution in [2.75, 3.05) is 26.3 Å². The Morgan fingerprint density at radius 3 is 1.62 bits per heavy atom. The molecule has 3 rings (SSSR count). The van der Waals surface area contributed by atoms with Gasteiger partial charge in [0.05, 0.1) is 38.5 Å². The fraction of sp³-hybridized carbons (Fsp3) is 0.786. The Morgan fingerprint density at radius 2 is 1.33 bits per heavy atom. The molecule has 0 aromatic heterocycles. The monoisotopic (exact) mass is 296 g/mol. The van der Waals surface area contributed by atoms with Crippen LogP contribution in [0.5, 0.6) is 0 Å². The predicted octanol–water partition coefficient (Wildman–Crippen LogP) is 0.381. The van der Waals surface area contributed by atoms with E-state index in [1.54, 1.807) is 0 Å². The molecule has 0 aliphatic carbocycles. The zero-order valence-electron chi connectivity index (χ0n) is 12.3. The molecule has 21 heavy (non-hydrogen) atoms. The average Bonchev–Trinajstić information content (AvgIpc) is 3.37. The molecule has 0 aromatic rings. The smallest absolute Gasteiger partial charge is 0.333 e. The maximum Gasteiger partial charge on any atom is 0.333 e. The number of carbonyl (C=O) groups excluding carboxylic acids is 3. The van der Waals surface area contributed by atoms with E-state index in [0.29, 0.717) is 26.1 Å². The van der Waals surface area contributed by atoms with Gasteiger partial charge in [-0.2, -0.15) is 0 Å². The first-order chi connectivity index (χ1) is 10.0. The Balaban J connectivity index is 1.90. The first-order valence-corrected chi connectivity index (χ1v) is 7.44. The standard InChI is InChI=1S/C14H20N2O5/c1-3-14(4-2)11(17)15(5-9-7-20-9)13(19)16(12(14)18)6-10-8-21-10/h9-10H,3-8H2,1-2H3/t9-,10+. The van der Waals surface area contributed by atoms with Crippen molar-refractivity contribution in [3.8, 4) is 0 Å². The quantitative estimate of drug-likeness (QED) is 0.523. The predicted molar refractivity (Wildman–Crippen MR) is 71.3 cm³/mol. The number of amides is 4. The average molecular weight is 296 g/mol. The summed E-state index contributed by atoms with van der Waals surface area (Å²) >= 11 is 0. The van der Waals surface area contributed by atoms with E-state index in [-0.39, 0.29) is 37.1 Å². The maximum atomic E-state index is 12.7. The van der Waals surface area contributed by atoms with E-state index in [9.17, 15) is 14.4 Å². The SMILES string of the molecule is CCC1(CC)C(=O)N(C[C@H]2CO2)C(=O)N(C[C@@H]2CO2)C1=O. The summed E-state index contributed by atoms with van der Waals surface area (Å²) in [5.74, 6) is -0.767. The molecule has 0 aromatic carbocycles. The lowest BCUT2D eigenvalue weighted by Gasteiger charge is -2.43. The number of epoxide rings is 2. The van der Waals surface area contributed by atoms with Gasteiger partial charge in [-0.3, -0.25) is 19.4 Å². The number of urea groups is 1. The van der Waals surface area contributed by atoms with E-state index in [1.807, 2.05) is 13.8 Å². The van der Waals surface area contributed by atoms with Crippen molar-refractivity contribution in [1.29, 1.82) is 0 Å². The Labute approximate surface area is 123 Å². The van der Waals surface area contributed by atoms with Crippen LogP contribution in [0, 0.1) is 5.41 Å². The lowest BCUT2D eigenvalue weighted by Crippen LogP contribution is -2.66. The molecular formula is C14H20N2O5. The van der Waals surface area contributed by atoms with Crippen LogP contribution < -0.4 is 0 Å². The number of barbiturate groups is 1. The Morgan fingerprint density at radius 1 is 0.952 bits per heavy atom. The van der Waals surface area contributed by atoms with Crippen molar-refractivity contribution in [1.82, 2.24) is 9.80 Å². The number of imide groups is 2. The molecule has 0 bridgehead atoms. The van der Waals surface area contributed by atoms with Gasteiger partial charge in [0, 0.05) is 0 Å². The van der Waals surface area contributed by atoms with Crippen LogP contribution in [-0.2, 0) is 19.1 Å². The van der Waals surface area contributed by atoms with Crippen LogP contribution in [0.3, 0.4) is 0 Å². The van der Waals surface area contributed by atoms with Crippen molar-refractivity contribution in [2.24, 2.45) is 5.41 Å². The van der Waals surface area contributed by atoms with Gasteiger partial charge in [0.1, 0.15) is 5.41 Å². The van der Waals surface area contributed by atoms with Crippen LogP contribution in [0.2, 0.25) is 0 Å². The zero-order chi connectivity index (χ0) is 15.2. The third-order valence-corrected chi connectivity index (χ3v) is 4.56. The van der Waals surface area contributed by atoms with Crippen molar-refractivity contribution in [3.63, 3.8) is 0 Å². The van der Waals surface area contributed by atoms with E-state index in [2.05, 4.69) is 0 Å². The van der Waals surface area contributed by atoms with Crippen molar-refractivity contribution >= 4 is 17.8 Å². The van der Waals surface area contributed by atoms with E-state index in [1.165, 1.54) is 9.80 Å². The van der Waals surface area contributed by atoms with Crippen molar-refractivity contribution < 1.29 is 23.9 Å². The normalized spacial score (nSPS) is 30.9. The molecule has 0 radical (unpaired) electrons. The van der Waals surface area contributed by atoms with E-state index in [4.69, 9.17) is 9.47 Å². The van der Waals surface area contributed by atoms with Crippen molar-refractivity contribution in [2.45, 2.75) is 38.9 Å². The molecule has 116 valence electrons. The number of hydrogen-bond acceptors (Lipinski definition) is 5. The van der Waals surface area contributed by atoms with Gasteiger partial charge in [0.15, 0.2) is 0 Å². The van der Waals surface area contributed by atoms with Gasteiger partial charge >= 0.3 is 6.03 Å². The number of carbonyl (C=O) groups is 3. The van der Waals surface area contributed by atoms with Crippen LogP contribution in [0.15, 0.2) is 0 Å². The summed E-state index contributed by atoms with van der Waals surface area (Å²) in [5, 5.41) is 0. The molecule has 2 atom stereocenters. The van der Waals surface area contributed by atoms with E-state index >= 15 is 0 Å². The molecule has 3 aliphatic heterocycles. The summed E-state index contributed by atoms with van der Waals surface area (Å²) in [6, 6.07) is -0.534.